The zero-order chi connectivity index (χ0) is 10.3. The van der Waals surface area contributed by atoms with E-state index in [0.29, 0.717) is 5.69 Å². The van der Waals surface area contributed by atoms with Crippen LogP contribution in [0.1, 0.15) is 18.7 Å². The first-order valence-corrected chi connectivity index (χ1v) is 4.17. The summed E-state index contributed by atoms with van der Waals surface area (Å²) in [6, 6.07) is 0.505. The lowest BCUT2D eigenvalue weighted by Crippen LogP contribution is -2.04. The fourth-order valence-electron chi connectivity index (χ4n) is 1.26. The van der Waals surface area contributed by atoms with Gasteiger partial charge in [0.15, 0.2) is 11.5 Å². The van der Waals surface area contributed by atoms with Crippen LogP contribution in [0.5, 0.6) is 0 Å². The molecule has 2 heterocycles. The molecule has 0 saturated heterocycles. The maximum atomic E-state index is 13.2. The molecule has 0 bridgehead atoms. The van der Waals surface area contributed by atoms with Gasteiger partial charge in [-0.3, -0.25) is 0 Å². The summed E-state index contributed by atoms with van der Waals surface area (Å²) in [4.78, 5) is 3.95. The van der Waals surface area contributed by atoms with Gasteiger partial charge < -0.3 is 10.1 Å². The number of nitrogens with zero attached hydrogens (tertiary/aromatic N) is 2. The van der Waals surface area contributed by atoms with Crippen molar-refractivity contribution in [3.8, 4) is 0 Å². The second kappa shape index (κ2) is 3.02. The summed E-state index contributed by atoms with van der Waals surface area (Å²) in [5.41, 5.74) is 6.21. The molecule has 2 rings (SSSR count). The Kier molecular flexibility index (Phi) is 1.96. The normalized spacial score (nSPS) is 13.4. The van der Waals surface area contributed by atoms with E-state index in [2.05, 4.69) is 4.98 Å². The molecule has 0 radical (unpaired) electrons. The number of fused-ring (bicyclic) bond motifs is 1. The van der Waals surface area contributed by atoms with Crippen molar-refractivity contribution in [2.45, 2.75) is 13.0 Å². The lowest BCUT2D eigenvalue weighted by molar-refractivity contribution is 0.576. The number of pyridine rings is 1. The SMILES string of the molecule is C[C@@H](N)c1cn2cc(F)cc(F)c2n1. The van der Waals surface area contributed by atoms with Gasteiger partial charge in [-0.1, -0.05) is 0 Å². The highest BCUT2D eigenvalue weighted by molar-refractivity contribution is 5.42. The Bertz CT molecular complexity index is 476. The third-order valence-corrected chi connectivity index (χ3v) is 1.96. The molecule has 0 saturated carbocycles. The molecule has 0 unspecified atom stereocenters. The second-order valence-corrected chi connectivity index (χ2v) is 3.19. The Balaban J connectivity index is 2.70. The van der Waals surface area contributed by atoms with E-state index in [1.54, 1.807) is 6.92 Å². The van der Waals surface area contributed by atoms with Crippen LogP contribution >= 0.6 is 0 Å². The van der Waals surface area contributed by atoms with Gasteiger partial charge in [-0.2, -0.15) is 0 Å². The van der Waals surface area contributed by atoms with Gasteiger partial charge in [0, 0.05) is 24.5 Å². The minimum atomic E-state index is -0.683. The molecule has 2 aromatic heterocycles. The van der Waals surface area contributed by atoms with Crippen molar-refractivity contribution in [3.05, 3.63) is 35.8 Å². The lowest BCUT2D eigenvalue weighted by atomic mass is 10.3. The van der Waals surface area contributed by atoms with E-state index in [0.717, 1.165) is 12.3 Å². The number of aromatic nitrogens is 2. The molecule has 14 heavy (non-hydrogen) atoms. The zero-order valence-corrected chi connectivity index (χ0v) is 7.54. The largest absolute Gasteiger partial charge is 0.323 e. The van der Waals surface area contributed by atoms with Gasteiger partial charge in [-0.15, -0.1) is 0 Å². The van der Waals surface area contributed by atoms with Crippen molar-refractivity contribution in [1.29, 1.82) is 0 Å². The van der Waals surface area contributed by atoms with E-state index < -0.39 is 11.6 Å². The van der Waals surface area contributed by atoms with Crippen molar-refractivity contribution >= 4 is 5.65 Å². The second-order valence-electron chi connectivity index (χ2n) is 3.19. The average molecular weight is 197 g/mol. The molecule has 0 spiro atoms. The highest BCUT2D eigenvalue weighted by atomic mass is 19.1. The van der Waals surface area contributed by atoms with Crippen molar-refractivity contribution in [2.24, 2.45) is 5.73 Å². The summed E-state index contributed by atoms with van der Waals surface area (Å²) in [5.74, 6) is -1.32. The Morgan fingerprint density at radius 3 is 2.79 bits per heavy atom. The molecule has 0 aliphatic carbocycles. The topological polar surface area (TPSA) is 43.3 Å². The summed E-state index contributed by atoms with van der Waals surface area (Å²) in [7, 11) is 0. The molecule has 0 aromatic carbocycles. The van der Waals surface area contributed by atoms with E-state index in [4.69, 9.17) is 5.73 Å². The minimum Gasteiger partial charge on any atom is -0.323 e. The number of hydrogen-bond acceptors (Lipinski definition) is 2. The molecule has 2 N–H and O–H groups in total. The van der Waals surface area contributed by atoms with Crippen molar-refractivity contribution in [3.63, 3.8) is 0 Å². The average Bonchev–Trinajstić information content (AvgIpc) is 2.47. The zero-order valence-electron chi connectivity index (χ0n) is 7.54. The first kappa shape index (κ1) is 9.08. The Morgan fingerprint density at radius 2 is 2.14 bits per heavy atom. The third-order valence-electron chi connectivity index (χ3n) is 1.96. The first-order valence-electron chi connectivity index (χ1n) is 4.17. The molecule has 0 aliphatic heterocycles. The predicted molar refractivity (Wildman–Crippen MR) is 47.7 cm³/mol. The van der Waals surface area contributed by atoms with Crippen LogP contribution in [-0.4, -0.2) is 9.38 Å². The number of halogens is 2. The van der Waals surface area contributed by atoms with Crippen molar-refractivity contribution < 1.29 is 8.78 Å². The van der Waals surface area contributed by atoms with Gasteiger partial charge >= 0.3 is 0 Å². The molecule has 0 aliphatic rings. The fraction of sp³-hybridized carbons (Fsp3) is 0.222. The van der Waals surface area contributed by atoms with E-state index in [-0.39, 0.29) is 11.7 Å². The molecule has 1 atom stereocenters. The fourth-order valence-corrected chi connectivity index (χ4v) is 1.26. The van der Waals surface area contributed by atoms with Crippen LogP contribution in [0.4, 0.5) is 8.78 Å². The van der Waals surface area contributed by atoms with Crippen LogP contribution in [0.2, 0.25) is 0 Å². The number of imidazole rings is 1. The molecular weight excluding hydrogens is 188 g/mol. The summed E-state index contributed by atoms with van der Waals surface area (Å²) in [6.45, 7) is 1.73. The molecule has 5 heteroatoms. The predicted octanol–water partition coefficient (Wildman–Crippen LogP) is 1.63. The lowest BCUT2D eigenvalue weighted by Gasteiger charge is -1.95. The van der Waals surface area contributed by atoms with Crippen LogP contribution in [0.15, 0.2) is 18.5 Å². The summed E-state index contributed by atoms with van der Waals surface area (Å²) < 4.78 is 27.2. The van der Waals surface area contributed by atoms with Crippen LogP contribution < -0.4 is 5.73 Å². The number of rotatable bonds is 1. The van der Waals surface area contributed by atoms with E-state index in [9.17, 15) is 8.78 Å². The summed E-state index contributed by atoms with van der Waals surface area (Å²) in [6.07, 6.45) is 2.68. The van der Waals surface area contributed by atoms with Gasteiger partial charge in [0.25, 0.3) is 0 Å². The first-order chi connectivity index (χ1) is 6.58. The Labute approximate surface area is 79.2 Å². The van der Waals surface area contributed by atoms with Gasteiger partial charge in [0.05, 0.1) is 5.69 Å². The van der Waals surface area contributed by atoms with Gasteiger partial charge in [0.1, 0.15) is 5.82 Å². The highest BCUT2D eigenvalue weighted by Gasteiger charge is 2.10. The molecule has 0 amide bonds. The third kappa shape index (κ3) is 1.35. The smallest absolute Gasteiger partial charge is 0.173 e. The maximum Gasteiger partial charge on any atom is 0.173 e. The highest BCUT2D eigenvalue weighted by Crippen LogP contribution is 2.14. The van der Waals surface area contributed by atoms with Crippen LogP contribution in [0, 0.1) is 11.6 Å². The summed E-state index contributed by atoms with van der Waals surface area (Å²) >= 11 is 0. The Morgan fingerprint density at radius 1 is 1.43 bits per heavy atom. The molecule has 0 fully saturated rings. The van der Waals surface area contributed by atoms with Gasteiger partial charge in [-0.25, -0.2) is 13.8 Å². The molecular formula is C9H9F2N3. The van der Waals surface area contributed by atoms with Gasteiger partial charge in [0.2, 0.25) is 0 Å². The quantitative estimate of drug-likeness (QED) is 0.755. The van der Waals surface area contributed by atoms with Crippen molar-refractivity contribution in [2.75, 3.05) is 0 Å². The van der Waals surface area contributed by atoms with Crippen molar-refractivity contribution in [1.82, 2.24) is 9.38 Å². The molecule has 2 aromatic rings. The Hall–Kier alpha value is -1.49. The van der Waals surface area contributed by atoms with Crippen LogP contribution in [0.25, 0.3) is 5.65 Å². The van der Waals surface area contributed by atoms with E-state index in [1.807, 2.05) is 0 Å². The standard InChI is InChI=1S/C9H9F2N3/c1-5(12)8-4-14-3-6(10)2-7(11)9(14)13-8/h2-5H,12H2,1H3/t5-/m1/s1. The monoisotopic (exact) mass is 197 g/mol. The minimum absolute atomic E-state index is 0.0960. The molecule has 74 valence electrons. The van der Waals surface area contributed by atoms with Gasteiger partial charge in [-0.05, 0) is 6.92 Å². The number of nitrogens with two attached hydrogens (primary N) is 1. The van der Waals surface area contributed by atoms with E-state index >= 15 is 0 Å². The maximum absolute atomic E-state index is 13.2. The van der Waals surface area contributed by atoms with Crippen LogP contribution in [-0.2, 0) is 0 Å². The number of hydrogen-bond donors (Lipinski definition) is 1. The summed E-state index contributed by atoms with van der Waals surface area (Å²) in [5, 5.41) is 0. The van der Waals surface area contributed by atoms with Crippen LogP contribution in [0.3, 0.4) is 0 Å². The van der Waals surface area contributed by atoms with E-state index in [1.165, 1.54) is 10.6 Å². The molecule has 3 nitrogen and oxygen atoms in total.